The highest BCUT2D eigenvalue weighted by atomic mass is 16.7. The molecule has 29 heavy (non-hydrogen) atoms. The van der Waals surface area contributed by atoms with Crippen LogP contribution in [0.15, 0.2) is 39.5 Å². The Bertz CT molecular complexity index is 1120. The summed E-state index contributed by atoms with van der Waals surface area (Å²) in [5, 5.41) is 41.3. The summed E-state index contributed by atoms with van der Waals surface area (Å²) in [6.45, 7) is 2.99. The maximum absolute atomic E-state index is 12.5. The Hall–Kier alpha value is -2.49. The fourth-order valence-corrected chi connectivity index (χ4v) is 3.74. The highest BCUT2D eigenvalue weighted by Crippen LogP contribution is 2.33. The van der Waals surface area contributed by atoms with Crippen LogP contribution in [-0.2, 0) is 4.74 Å². The summed E-state index contributed by atoms with van der Waals surface area (Å²) in [4.78, 5) is 12.5. The number of hydrogen-bond acceptors (Lipinski definition) is 8. The van der Waals surface area contributed by atoms with E-state index in [1.807, 2.05) is 25.1 Å². The molecule has 8 heteroatoms. The predicted octanol–water partition coefficient (Wildman–Crippen LogP) is 0.742. The minimum atomic E-state index is -1.54. The summed E-state index contributed by atoms with van der Waals surface area (Å²) < 4.78 is 16.7. The van der Waals surface area contributed by atoms with Gasteiger partial charge in [-0.15, -0.1) is 0 Å². The van der Waals surface area contributed by atoms with Crippen molar-refractivity contribution in [1.29, 1.82) is 0 Å². The monoisotopic (exact) mass is 402 g/mol. The Morgan fingerprint density at radius 1 is 1.00 bits per heavy atom. The van der Waals surface area contributed by atoms with Gasteiger partial charge in [0, 0.05) is 16.3 Å². The summed E-state index contributed by atoms with van der Waals surface area (Å²) in [6, 6.07) is 8.95. The zero-order valence-electron chi connectivity index (χ0n) is 15.9. The smallest absolute Gasteiger partial charge is 0.344 e. The van der Waals surface area contributed by atoms with Gasteiger partial charge < -0.3 is 34.3 Å². The molecule has 154 valence electrons. The van der Waals surface area contributed by atoms with Crippen molar-refractivity contribution in [3.05, 3.63) is 51.9 Å². The Balaban J connectivity index is 1.77. The number of aryl methyl sites for hydroxylation is 2. The van der Waals surface area contributed by atoms with Crippen molar-refractivity contribution in [3.63, 3.8) is 0 Å². The van der Waals surface area contributed by atoms with Gasteiger partial charge in [-0.25, -0.2) is 4.79 Å². The van der Waals surface area contributed by atoms with E-state index in [0.717, 1.165) is 16.3 Å². The molecule has 0 saturated carbocycles. The Morgan fingerprint density at radius 3 is 2.48 bits per heavy atom. The lowest BCUT2D eigenvalue weighted by Crippen LogP contribution is -2.60. The van der Waals surface area contributed by atoms with Crippen molar-refractivity contribution in [2.75, 3.05) is 6.61 Å². The quantitative estimate of drug-likeness (QED) is 0.373. The first-order valence-electron chi connectivity index (χ1n) is 9.26. The third-order valence-corrected chi connectivity index (χ3v) is 5.41. The second kappa shape index (κ2) is 7.40. The normalized spacial score (nSPS) is 27.4. The van der Waals surface area contributed by atoms with Gasteiger partial charge in [0.2, 0.25) is 6.29 Å². The highest BCUT2D eigenvalue weighted by Gasteiger charge is 2.44. The molecule has 5 atom stereocenters. The molecule has 4 rings (SSSR count). The maximum Gasteiger partial charge on any atom is 0.344 e. The molecule has 1 aliphatic heterocycles. The lowest BCUT2D eigenvalue weighted by molar-refractivity contribution is -0.277. The van der Waals surface area contributed by atoms with Crippen LogP contribution in [0.2, 0.25) is 0 Å². The van der Waals surface area contributed by atoms with Gasteiger partial charge in [-0.1, -0.05) is 18.2 Å². The van der Waals surface area contributed by atoms with Crippen LogP contribution < -0.4 is 10.4 Å². The van der Waals surface area contributed by atoms with Gasteiger partial charge in [0.05, 0.1) is 12.0 Å². The molecule has 0 unspecified atom stereocenters. The summed E-state index contributed by atoms with van der Waals surface area (Å²) >= 11 is 0. The molecule has 1 aromatic heterocycles. The molecular weight excluding hydrogens is 380 g/mol. The zero-order chi connectivity index (χ0) is 20.9. The van der Waals surface area contributed by atoms with Crippen molar-refractivity contribution in [1.82, 2.24) is 0 Å². The zero-order valence-corrected chi connectivity index (χ0v) is 15.9. The molecule has 1 fully saturated rings. The van der Waals surface area contributed by atoms with E-state index in [2.05, 4.69) is 0 Å². The SMILES string of the molecule is Cc1c(O[C@@H]2O[C@H](CO)[C@@H](O)[C@H](O)[C@H]2O)ccc2c1oc(=O)c1c(C)cccc12. The summed E-state index contributed by atoms with van der Waals surface area (Å²) in [5.41, 5.74) is 1.21. The molecule has 0 amide bonds. The van der Waals surface area contributed by atoms with Crippen LogP contribution in [0.5, 0.6) is 5.75 Å². The van der Waals surface area contributed by atoms with E-state index in [9.17, 15) is 25.2 Å². The van der Waals surface area contributed by atoms with Crippen molar-refractivity contribution in [2.45, 2.75) is 44.6 Å². The van der Waals surface area contributed by atoms with Gasteiger partial charge in [-0.05, 0) is 31.5 Å². The fourth-order valence-electron chi connectivity index (χ4n) is 3.74. The maximum atomic E-state index is 12.5. The molecule has 4 N–H and O–H groups in total. The van der Waals surface area contributed by atoms with Crippen LogP contribution in [0.4, 0.5) is 0 Å². The van der Waals surface area contributed by atoms with Gasteiger partial charge in [0.15, 0.2) is 0 Å². The molecule has 2 aromatic carbocycles. The van der Waals surface area contributed by atoms with E-state index in [1.54, 1.807) is 19.1 Å². The van der Waals surface area contributed by atoms with Crippen LogP contribution in [0.1, 0.15) is 11.1 Å². The Labute approximate surface area is 165 Å². The topological polar surface area (TPSA) is 130 Å². The molecule has 1 saturated heterocycles. The van der Waals surface area contributed by atoms with Crippen molar-refractivity contribution in [2.24, 2.45) is 0 Å². The van der Waals surface area contributed by atoms with Crippen LogP contribution >= 0.6 is 0 Å². The Kier molecular flexibility index (Phi) is 5.05. The molecule has 0 radical (unpaired) electrons. The second-order valence-corrected chi connectivity index (χ2v) is 7.27. The standard InChI is InChI=1S/C21H22O8/c1-9-4-3-5-11-12-6-7-13(10(2)19(12)29-20(26)15(9)11)27-21-18(25)17(24)16(23)14(8-22)28-21/h3-7,14,16-18,21-25H,8H2,1-2H3/t14-,16-,17+,18-,21-/m1/s1. The molecule has 8 nitrogen and oxygen atoms in total. The minimum absolute atomic E-state index is 0.275. The van der Waals surface area contributed by atoms with E-state index in [1.165, 1.54) is 0 Å². The first kappa shape index (κ1) is 19.8. The Morgan fingerprint density at radius 2 is 1.76 bits per heavy atom. The highest BCUT2D eigenvalue weighted by molar-refractivity contribution is 6.06. The van der Waals surface area contributed by atoms with Gasteiger partial charge in [0.1, 0.15) is 35.7 Å². The van der Waals surface area contributed by atoms with E-state index in [0.29, 0.717) is 16.5 Å². The largest absolute Gasteiger partial charge is 0.462 e. The number of benzene rings is 2. The van der Waals surface area contributed by atoms with Gasteiger partial charge in [-0.2, -0.15) is 0 Å². The molecular formula is C21H22O8. The van der Waals surface area contributed by atoms with Crippen LogP contribution in [0.3, 0.4) is 0 Å². The van der Waals surface area contributed by atoms with Crippen molar-refractivity contribution in [3.8, 4) is 5.75 Å². The van der Waals surface area contributed by atoms with E-state index >= 15 is 0 Å². The fraction of sp³-hybridized carbons (Fsp3) is 0.381. The average molecular weight is 402 g/mol. The summed E-state index contributed by atoms with van der Waals surface area (Å²) in [5.74, 6) is 0.275. The summed E-state index contributed by atoms with van der Waals surface area (Å²) in [6.07, 6.45) is -6.95. The van der Waals surface area contributed by atoms with E-state index < -0.39 is 42.9 Å². The number of ether oxygens (including phenoxy) is 2. The average Bonchev–Trinajstić information content (AvgIpc) is 2.70. The number of aliphatic hydroxyl groups is 4. The van der Waals surface area contributed by atoms with Crippen molar-refractivity contribution >= 4 is 21.7 Å². The second-order valence-electron chi connectivity index (χ2n) is 7.27. The lowest BCUT2D eigenvalue weighted by atomic mass is 9.99. The molecule has 3 aromatic rings. The third kappa shape index (κ3) is 3.19. The lowest BCUT2D eigenvalue weighted by Gasteiger charge is -2.39. The molecule has 2 heterocycles. The van der Waals surface area contributed by atoms with Crippen LogP contribution in [0, 0.1) is 13.8 Å². The molecule has 0 bridgehead atoms. The number of fused-ring (bicyclic) bond motifs is 3. The molecule has 0 spiro atoms. The number of rotatable bonds is 3. The molecule has 0 aliphatic carbocycles. The number of hydrogen-bond donors (Lipinski definition) is 4. The minimum Gasteiger partial charge on any atom is -0.462 e. The third-order valence-electron chi connectivity index (χ3n) is 5.41. The summed E-state index contributed by atoms with van der Waals surface area (Å²) in [7, 11) is 0. The molecule has 1 aliphatic rings. The van der Waals surface area contributed by atoms with E-state index in [-0.39, 0.29) is 5.75 Å². The van der Waals surface area contributed by atoms with Crippen LogP contribution in [-0.4, -0.2) is 57.7 Å². The first-order valence-corrected chi connectivity index (χ1v) is 9.26. The predicted molar refractivity (Wildman–Crippen MR) is 104 cm³/mol. The van der Waals surface area contributed by atoms with Crippen LogP contribution in [0.25, 0.3) is 21.7 Å². The van der Waals surface area contributed by atoms with E-state index in [4.69, 9.17) is 13.9 Å². The van der Waals surface area contributed by atoms with Gasteiger partial charge in [0.25, 0.3) is 0 Å². The van der Waals surface area contributed by atoms with Gasteiger partial charge in [-0.3, -0.25) is 0 Å². The van der Waals surface area contributed by atoms with Gasteiger partial charge >= 0.3 is 5.63 Å². The number of aliphatic hydroxyl groups excluding tert-OH is 4. The van der Waals surface area contributed by atoms with Crippen molar-refractivity contribution < 1.29 is 34.3 Å². The first-order chi connectivity index (χ1) is 13.8.